The summed E-state index contributed by atoms with van der Waals surface area (Å²) < 4.78 is 10.6. The predicted molar refractivity (Wildman–Crippen MR) is 119 cm³/mol. The third-order valence-electron chi connectivity index (χ3n) is 5.84. The average molecular weight is 444 g/mol. The molecule has 31 heavy (non-hydrogen) atoms. The van der Waals surface area contributed by atoms with Gasteiger partial charge in [-0.05, 0) is 44.0 Å². The topological polar surface area (TPSA) is 71.1 Å². The number of nitrogens with zero attached hydrogens (tertiary/aromatic N) is 2. The Morgan fingerprint density at radius 2 is 1.94 bits per heavy atom. The number of nitrogens with one attached hydrogen (secondary N) is 1. The number of anilines is 1. The maximum absolute atomic E-state index is 13.4. The summed E-state index contributed by atoms with van der Waals surface area (Å²) in [6.45, 7) is 3.25. The zero-order valence-corrected chi connectivity index (χ0v) is 18.4. The maximum atomic E-state index is 13.4. The Morgan fingerprint density at radius 3 is 2.65 bits per heavy atom. The highest BCUT2D eigenvalue weighted by atomic mass is 35.5. The molecule has 0 bridgehead atoms. The van der Waals surface area contributed by atoms with Crippen LogP contribution in [-0.4, -0.2) is 54.6 Å². The molecule has 1 fully saturated rings. The van der Waals surface area contributed by atoms with Crippen LogP contribution in [0, 0.1) is 0 Å². The van der Waals surface area contributed by atoms with Gasteiger partial charge in [-0.15, -0.1) is 0 Å². The van der Waals surface area contributed by atoms with Crippen molar-refractivity contribution >= 4 is 29.3 Å². The molecule has 4 rings (SSSR count). The standard InChI is InChI=1S/C23H26ClN3O4/c1-3-31-23(29)26-12-10-16(11-13-26)27-21(17-6-4-5-7-18(17)22(27)28)25-19-14-15(24)8-9-20(19)30-2/h4-9,14,16,21,25H,3,10-13H2,1-2H3. The van der Waals surface area contributed by atoms with Crippen molar-refractivity contribution in [3.8, 4) is 5.75 Å². The highest BCUT2D eigenvalue weighted by Gasteiger charge is 2.42. The number of rotatable bonds is 5. The lowest BCUT2D eigenvalue weighted by atomic mass is 10.0. The molecule has 0 spiro atoms. The molecule has 2 heterocycles. The predicted octanol–water partition coefficient (Wildman–Crippen LogP) is 4.54. The van der Waals surface area contributed by atoms with Crippen molar-refractivity contribution in [2.45, 2.75) is 32.0 Å². The van der Waals surface area contributed by atoms with E-state index in [-0.39, 0.29) is 24.2 Å². The molecule has 1 saturated heterocycles. The molecule has 1 atom stereocenters. The molecule has 7 nitrogen and oxygen atoms in total. The van der Waals surface area contributed by atoms with E-state index in [0.29, 0.717) is 48.9 Å². The first-order valence-electron chi connectivity index (χ1n) is 10.5. The van der Waals surface area contributed by atoms with Crippen molar-refractivity contribution in [2.24, 2.45) is 0 Å². The van der Waals surface area contributed by atoms with E-state index in [1.165, 1.54) is 0 Å². The van der Waals surface area contributed by atoms with Crippen LogP contribution in [0.25, 0.3) is 0 Å². The SMILES string of the molecule is CCOC(=O)N1CCC(N2C(=O)c3ccccc3C2Nc2cc(Cl)ccc2OC)CC1. The fraction of sp³-hybridized carbons (Fsp3) is 0.391. The van der Waals surface area contributed by atoms with Crippen molar-refractivity contribution in [1.29, 1.82) is 0 Å². The fourth-order valence-electron chi connectivity index (χ4n) is 4.34. The van der Waals surface area contributed by atoms with Crippen LogP contribution >= 0.6 is 11.6 Å². The molecular formula is C23H26ClN3O4. The van der Waals surface area contributed by atoms with Crippen LogP contribution in [0.5, 0.6) is 5.75 Å². The number of hydrogen-bond donors (Lipinski definition) is 1. The van der Waals surface area contributed by atoms with Crippen molar-refractivity contribution < 1.29 is 19.1 Å². The maximum Gasteiger partial charge on any atom is 0.409 e. The Labute approximate surface area is 186 Å². The highest BCUT2D eigenvalue weighted by molar-refractivity contribution is 6.30. The number of ether oxygens (including phenoxy) is 2. The first kappa shape index (κ1) is 21.3. The third-order valence-corrected chi connectivity index (χ3v) is 6.07. The molecule has 2 aliphatic heterocycles. The van der Waals surface area contributed by atoms with E-state index in [4.69, 9.17) is 21.1 Å². The number of methoxy groups -OCH3 is 1. The van der Waals surface area contributed by atoms with Gasteiger partial charge in [-0.25, -0.2) is 4.79 Å². The number of piperidine rings is 1. The smallest absolute Gasteiger partial charge is 0.409 e. The number of benzene rings is 2. The quantitative estimate of drug-likeness (QED) is 0.734. The number of hydrogen-bond acceptors (Lipinski definition) is 5. The van der Waals surface area contributed by atoms with Crippen LogP contribution in [0.1, 0.15) is 41.9 Å². The van der Waals surface area contributed by atoms with E-state index in [9.17, 15) is 9.59 Å². The zero-order chi connectivity index (χ0) is 22.0. The number of likely N-dealkylation sites (tertiary alicyclic amines) is 1. The monoisotopic (exact) mass is 443 g/mol. The summed E-state index contributed by atoms with van der Waals surface area (Å²) in [6, 6.07) is 13.0. The Hall–Kier alpha value is -2.93. The third kappa shape index (κ3) is 4.14. The molecule has 1 N–H and O–H groups in total. The van der Waals surface area contributed by atoms with Gasteiger partial charge in [-0.1, -0.05) is 29.8 Å². The minimum Gasteiger partial charge on any atom is -0.495 e. The molecule has 0 aromatic heterocycles. The van der Waals surface area contributed by atoms with Gasteiger partial charge < -0.3 is 24.6 Å². The number of halogens is 1. The van der Waals surface area contributed by atoms with Gasteiger partial charge in [0.2, 0.25) is 0 Å². The Bertz CT molecular complexity index is 975. The molecule has 164 valence electrons. The second kappa shape index (κ2) is 9.06. The van der Waals surface area contributed by atoms with Gasteiger partial charge in [0.15, 0.2) is 0 Å². The fourth-order valence-corrected chi connectivity index (χ4v) is 4.51. The average Bonchev–Trinajstić information content (AvgIpc) is 3.06. The first-order chi connectivity index (χ1) is 15.0. The van der Waals surface area contributed by atoms with E-state index in [2.05, 4.69) is 5.32 Å². The van der Waals surface area contributed by atoms with Crippen LogP contribution in [0.3, 0.4) is 0 Å². The van der Waals surface area contributed by atoms with Gasteiger partial charge in [-0.3, -0.25) is 4.79 Å². The number of carbonyl (C=O) groups is 2. The second-order valence-corrected chi connectivity index (χ2v) is 8.04. The number of amides is 2. The lowest BCUT2D eigenvalue weighted by molar-refractivity contribution is 0.0496. The van der Waals surface area contributed by atoms with E-state index in [1.54, 1.807) is 37.1 Å². The lowest BCUT2D eigenvalue weighted by Gasteiger charge is -2.39. The lowest BCUT2D eigenvalue weighted by Crippen LogP contribution is -2.49. The van der Waals surface area contributed by atoms with Crippen LogP contribution in [0.15, 0.2) is 42.5 Å². The Balaban J connectivity index is 1.60. The van der Waals surface area contributed by atoms with Crippen molar-refractivity contribution in [3.05, 3.63) is 58.6 Å². The minimum atomic E-state index is -0.352. The van der Waals surface area contributed by atoms with Crippen LogP contribution in [0.2, 0.25) is 5.02 Å². The van der Waals surface area contributed by atoms with Crippen molar-refractivity contribution in [3.63, 3.8) is 0 Å². The second-order valence-electron chi connectivity index (χ2n) is 7.61. The molecule has 2 aromatic rings. The summed E-state index contributed by atoms with van der Waals surface area (Å²) in [4.78, 5) is 29.0. The van der Waals surface area contributed by atoms with Gasteiger partial charge in [0.1, 0.15) is 11.9 Å². The molecule has 0 radical (unpaired) electrons. The van der Waals surface area contributed by atoms with E-state index < -0.39 is 0 Å². The van der Waals surface area contributed by atoms with Gasteiger partial charge in [-0.2, -0.15) is 0 Å². The largest absolute Gasteiger partial charge is 0.495 e. The molecule has 0 saturated carbocycles. The Kier molecular flexibility index (Phi) is 6.23. The molecule has 2 amide bonds. The number of fused-ring (bicyclic) bond motifs is 1. The van der Waals surface area contributed by atoms with Gasteiger partial charge in [0.25, 0.3) is 5.91 Å². The molecule has 1 unspecified atom stereocenters. The molecular weight excluding hydrogens is 418 g/mol. The molecule has 2 aromatic carbocycles. The molecule has 8 heteroatoms. The summed E-state index contributed by atoms with van der Waals surface area (Å²) in [5.41, 5.74) is 2.33. The van der Waals surface area contributed by atoms with Gasteiger partial charge >= 0.3 is 6.09 Å². The zero-order valence-electron chi connectivity index (χ0n) is 17.6. The van der Waals surface area contributed by atoms with Crippen molar-refractivity contribution in [1.82, 2.24) is 9.80 Å². The highest BCUT2D eigenvalue weighted by Crippen LogP contribution is 2.40. The van der Waals surface area contributed by atoms with E-state index >= 15 is 0 Å². The summed E-state index contributed by atoms with van der Waals surface area (Å²) in [5.74, 6) is 0.641. The van der Waals surface area contributed by atoms with Crippen LogP contribution in [-0.2, 0) is 4.74 Å². The van der Waals surface area contributed by atoms with Crippen LogP contribution < -0.4 is 10.1 Å². The molecule has 2 aliphatic rings. The van der Waals surface area contributed by atoms with E-state index in [1.807, 2.05) is 29.2 Å². The Morgan fingerprint density at radius 1 is 1.19 bits per heavy atom. The van der Waals surface area contributed by atoms with E-state index in [0.717, 1.165) is 11.3 Å². The summed E-state index contributed by atoms with van der Waals surface area (Å²) >= 11 is 6.22. The van der Waals surface area contributed by atoms with Gasteiger partial charge in [0.05, 0.1) is 19.4 Å². The summed E-state index contributed by atoms with van der Waals surface area (Å²) in [5, 5.41) is 4.06. The first-order valence-corrected chi connectivity index (χ1v) is 10.8. The van der Waals surface area contributed by atoms with Crippen LogP contribution in [0.4, 0.5) is 10.5 Å². The summed E-state index contributed by atoms with van der Waals surface area (Å²) in [7, 11) is 1.60. The van der Waals surface area contributed by atoms with Gasteiger partial charge in [0, 0.05) is 35.3 Å². The summed E-state index contributed by atoms with van der Waals surface area (Å²) in [6.07, 6.45) is 0.720. The van der Waals surface area contributed by atoms with Crippen molar-refractivity contribution in [2.75, 3.05) is 32.1 Å². The minimum absolute atomic E-state index is 0.00624. The molecule has 0 aliphatic carbocycles. The normalized spacial score (nSPS) is 18.7. The number of carbonyl (C=O) groups excluding carboxylic acids is 2.